The van der Waals surface area contributed by atoms with Crippen LogP contribution >= 0.6 is 0 Å². The van der Waals surface area contributed by atoms with Crippen LogP contribution in [0.3, 0.4) is 0 Å². The number of piperidine rings is 1. The van der Waals surface area contributed by atoms with Gasteiger partial charge in [0.15, 0.2) is 5.65 Å². The number of carbonyl (C=O) groups excluding carboxylic acids is 1. The van der Waals surface area contributed by atoms with E-state index in [4.69, 9.17) is 0 Å². The molecule has 0 saturated carbocycles. The molecule has 0 bridgehead atoms. The first kappa shape index (κ1) is 21.1. The van der Waals surface area contributed by atoms with Crippen LogP contribution in [0.5, 0.6) is 0 Å². The number of aromatic amines is 1. The summed E-state index contributed by atoms with van der Waals surface area (Å²) in [4.78, 5) is 45.1. The standard InChI is InChI=1S/C24H26N6O3/c1-14-15(2)26-21-11-20(27-30(21)22(14)31)18-8-6-10-28(13-18)23(32)16(3)29-24(33)19-9-5-4-7-17(19)12-25-29/h4-5,7,9,11-12,16,18,27H,6,8,10,13H2,1-3H3/t16-,18+/m0/s1. The largest absolute Gasteiger partial charge is 0.340 e. The number of nitrogens with zero attached hydrogens (tertiary/aromatic N) is 5. The van der Waals surface area contributed by atoms with E-state index in [-0.39, 0.29) is 22.9 Å². The van der Waals surface area contributed by atoms with Crippen LogP contribution in [0.2, 0.25) is 0 Å². The molecule has 1 aliphatic heterocycles. The molecule has 0 unspecified atom stereocenters. The van der Waals surface area contributed by atoms with E-state index < -0.39 is 6.04 Å². The minimum Gasteiger partial charge on any atom is -0.340 e. The number of amides is 1. The Hall–Kier alpha value is -3.75. The summed E-state index contributed by atoms with van der Waals surface area (Å²) in [6.07, 6.45) is 3.35. The summed E-state index contributed by atoms with van der Waals surface area (Å²) in [5, 5.41) is 8.75. The summed E-state index contributed by atoms with van der Waals surface area (Å²) < 4.78 is 2.74. The van der Waals surface area contributed by atoms with Crippen LogP contribution in [-0.4, -0.2) is 48.3 Å². The lowest BCUT2D eigenvalue weighted by atomic mass is 9.94. The molecule has 1 fully saturated rings. The minimum absolute atomic E-state index is 0.0536. The zero-order chi connectivity index (χ0) is 23.3. The molecule has 1 aromatic carbocycles. The molecule has 1 aliphatic rings. The smallest absolute Gasteiger partial charge is 0.275 e. The highest BCUT2D eigenvalue weighted by Crippen LogP contribution is 2.27. The molecule has 2 atom stereocenters. The van der Waals surface area contributed by atoms with Gasteiger partial charge >= 0.3 is 0 Å². The zero-order valence-electron chi connectivity index (χ0n) is 18.9. The first-order valence-electron chi connectivity index (χ1n) is 11.2. The van der Waals surface area contributed by atoms with Gasteiger partial charge in [-0.3, -0.25) is 19.5 Å². The Morgan fingerprint density at radius 1 is 1.18 bits per heavy atom. The van der Waals surface area contributed by atoms with Crippen molar-refractivity contribution in [2.75, 3.05) is 13.1 Å². The number of nitrogens with one attached hydrogen (secondary N) is 1. The summed E-state index contributed by atoms with van der Waals surface area (Å²) >= 11 is 0. The molecule has 3 aromatic heterocycles. The number of benzene rings is 1. The van der Waals surface area contributed by atoms with Gasteiger partial charge in [0.1, 0.15) is 6.04 Å². The van der Waals surface area contributed by atoms with Gasteiger partial charge in [0.2, 0.25) is 5.91 Å². The molecule has 4 aromatic rings. The summed E-state index contributed by atoms with van der Waals surface area (Å²) in [5.74, 6) is -0.0828. The van der Waals surface area contributed by atoms with Crippen LogP contribution in [0.25, 0.3) is 16.4 Å². The Kier molecular flexibility index (Phi) is 5.11. The zero-order valence-corrected chi connectivity index (χ0v) is 18.9. The van der Waals surface area contributed by atoms with E-state index in [0.717, 1.165) is 23.9 Å². The van der Waals surface area contributed by atoms with Crippen molar-refractivity contribution in [3.8, 4) is 0 Å². The Morgan fingerprint density at radius 2 is 1.97 bits per heavy atom. The third kappa shape index (κ3) is 3.53. The third-order valence-electron chi connectivity index (χ3n) is 6.72. The van der Waals surface area contributed by atoms with Crippen molar-refractivity contribution < 1.29 is 4.79 Å². The fourth-order valence-electron chi connectivity index (χ4n) is 4.63. The second-order valence-electron chi connectivity index (χ2n) is 8.81. The first-order chi connectivity index (χ1) is 15.8. The minimum atomic E-state index is -0.710. The molecule has 170 valence electrons. The quantitative estimate of drug-likeness (QED) is 0.520. The molecule has 5 rings (SSSR count). The van der Waals surface area contributed by atoms with Crippen molar-refractivity contribution in [1.82, 2.24) is 29.3 Å². The monoisotopic (exact) mass is 446 g/mol. The number of fused-ring (bicyclic) bond motifs is 2. The summed E-state index contributed by atoms with van der Waals surface area (Å²) in [6.45, 7) is 6.44. The number of carbonyl (C=O) groups is 1. The average molecular weight is 447 g/mol. The molecule has 0 aliphatic carbocycles. The van der Waals surface area contributed by atoms with Crippen LogP contribution < -0.4 is 11.1 Å². The normalized spacial score (nSPS) is 17.5. The Bertz CT molecular complexity index is 1500. The average Bonchev–Trinajstić information content (AvgIpc) is 3.26. The fourth-order valence-corrected chi connectivity index (χ4v) is 4.63. The van der Waals surface area contributed by atoms with Crippen molar-refractivity contribution in [2.24, 2.45) is 0 Å². The van der Waals surface area contributed by atoms with Crippen molar-refractivity contribution in [3.05, 3.63) is 74.2 Å². The van der Waals surface area contributed by atoms with Crippen LogP contribution in [-0.2, 0) is 4.79 Å². The molecule has 1 saturated heterocycles. The lowest BCUT2D eigenvalue weighted by Crippen LogP contribution is -2.44. The molecule has 9 nitrogen and oxygen atoms in total. The van der Waals surface area contributed by atoms with Gasteiger partial charge in [-0.1, -0.05) is 18.2 Å². The maximum Gasteiger partial charge on any atom is 0.275 e. The Labute approximate surface area is 189 Å². The van der Waals surface area contributed by atoms with E-state index in [1.54, 1.807) is 37.1 Å². The molecule has 0 spiro atoms. The molecule has 1 N–H and O–H groups in total. The molecular formula is C24H26N6O3. The second kappa shape index (κ2) is 7.99. The summed E-state index contributed by atoms with van der Waals surface area (Å²) in [5.41, 5.74) is 2.42. The highest BCUT2D eigenvalue weighted by atomic mass is 16.2. The van der Waals surface area contributed by atoms with E-state index >= 15 is 0 Å². The van der Waals surface area contributed by atoms with Crippen LogP contribution in [0.1, 0.15) is 48.7 Å². The van der Waals surface area contributed by atoms with Crippen molar-refractivity contribution in [2.45, 2.75) is 45.6 Å². The number of hydrogen-bond donors (Lipinski definition) is 1. The van der Waals surface area contributed by atoms with E-state index in [1.807, 2.05) is 25.1 Å². The van der Waals surface area contributed by atoms with Gasteiger partial charge in [-0.15, -0.1) is 0 Å². The van der Waals surface area contributed by atoms with Gasteiger partial charge in [-0.25, -0.2) is 14.2 Å². The Balaban J connectivity index is 1.41. The van der Waals surface area contributed by atoms with E-state index in [1.165, 1.54) is 9.20 Å². The SMILES string of the molecule is Cc1nc2cc([C@@H]3CCCN(C(=O)[C@H](C)n4ncc5ccccc5c4=O)C3)[nH]n2c(=O)c1C. The number of aryl methyl sites for hydroxylation is 1. The van der Waals surface area contributed by atoms with E-state index in [2.05, 4.69) is 15.2 Å². The number of likely N-dealkylation sites (tertiary alicyclic amines) is 1. The first-order valence-corrected chi connectivity index (χ1v) is 11.2. The number of H-pyrrole nitrogens is 1. The van der Waals surface area contributed by atoms with E-state index in [0.29, 0.717) is 35.4 Å². The van der Waals surface area contributed by atoms with Crippen molar-refractivity contribution in [3.63, 3.8) is 0 Å². The fraction of sp³-hybridized carbons (Fsp3) is 0.375. The van der Waals surface area contributed by atoms with Gasteiger partial charge < -0.3 is 4.90 Å². The van der Waals surface area contributed by atoms with Gasteiger partial charge in [0, 0.05) is 47.4 Å². The summed E-state index contributed by atoms with van der Waals surface area (Å²) in [6, 6.07) is 8.42. The van der Waals surface area contributed by atoms with Gasteiger partial charge in [0.25, 0.3) is 11.1 Å². The predicted octanol–water partition coefficient (Wildman–Crippen LogP) is 2.32. The molecule has 0 radical (unpaired) electrons. The van der Waals surface area contributed by atoms with Crippen LogP contribution in [0, 0.1) is 13.8 Å². The maximum absolute atomic E-state index is 13.3. The van der Waals surface area contributed by atoms with Crippen LogP contribution in [0.4, 0.5) is 0 Å². The lowest BCUT2D eigenvalue weighted by Gasteiger charge is -2.34. The van der Waals surface area contributed by atoms with Gasteiger partial charge in [0.05, 0.1) is 11.6 Å². The molecule has 1 amide bonds. The van der Waals surface area contributed by atoms with Crippen molar-refractivity contribution in [1.29, 1.82) is 0 Å². The maximum atomic E-state index is 13.3. The predicted molar refractivity (Wildman–Crippen MR) is 125 cm³/mol. The highest BCUT2D eigenvalue weighted by Gasteiger charge is 2.30. The molecule has 9 heteroatoms. The summed E-state index contributed by atoms with van der Waals surface area (Å²) in [7, 11) is 0. The van der Waals surface area contributed by atoms with E-state index in [9.17, 15) is 14.4 Å². The molecule has 33 heavy (non-hydrogen) atoms. The van der Waals surface area contributed by atoms with Gasteiger partial charge in [-0.2, -0.15) is 5.10 Å². The lowest BCUT2D eigenvalue weighted by molar-refractivity contribution is -0.135. The second-order valence-corrected chi connectivity index (χ2v) is 8.81. The highest BCUT2D eigenvalue weighted by molar-refractivity contribution is 5.82. The Morgan fingerprint density at radius 3 is 2.79 bits per heavy atom. The number of aromatic nitrogens is 5. The topological polar surface area (TPSA) is 105 Å². The number of hydrogen-bond acceptors (Lipinski definition) is 5. The third-order valence-corrected chi connectivity index (χ3v) is 6.72. The van der Waals surface area contributed by atoms with Crippen LogP contribution in [0.15, 0.2) is 46.1 Å². The van der Waals surface area contributed by atoms with Crippen molar-refractivity contribution >= 4 is 22.3 Å². The molecular weight excluding hydrogens is 420 g/mol. The van der Waals surface area contributed by atoms with Gasteiger partial charge in [-0.05, 0) is 39.7 Å². The number of rotatable bonds is 3. The molecule has 4 heterocycles.